The van der Waals surface area contributed by atoms with Gasteiger partial charge in [0.1, 0.15) is 12.3 Å². The highest BCUT2D eigenvalue weighted by Crippen LogP contribution is 2.25. The number of aryl methyl sites for hydroxylation is 2. The number of hydrazone groups is 1. The minimum absolute atomic E-state index is 0.0804. The van der Waals surface area contributed by atoms with Gasteiger partial charge in [0.2, 0.25) is 0 Å². The predicted molar refractivity (Wildman–Crippen MR) is 98.0 cm³/mol. The highest BCUT2D eigenvalue weighted by Gasteiger charge is 2.11. The van der Waals surface area contributed by atoms with Crippen molar-refractivity contribution in [2.45, 2.75) is 27.0 Å². The van der Waals surface area contributed by atoms with Gasteiger partial charge in [-0.25, -0.2) is 10.4 Å². The zero-order valence-corrected chi connectivity index (χ0v) is 14.8. The van der Waals surface area contributed by atoms with Crippen molar-refractivity contribution in [1.82, 2.24) is 15.0 Å². The number of nitrogens with zero attached hydrogens (tertiary/aromatic N) is 3. The van der Waals surface area contributed by atoms with Gasteiger partial charge in [-0.05, 0) is 54.8 Å². The minimum atomic E-state index is -2.87. The molecule has 0 saturated heterocycles. The quantitative estimate of drug-likeness (QED) is 0.533. The van der Waals surface area contributed by atoms with Crippen molar-refractivity contribution in [3.8, 4) is 5.75 Å². The fourth-order valence-corrected chi connectivity index (χ4v) is 2.84. The zero-order chi connectivity index (χ0) is 19.4. The van der Waals surface area contributed by atoms with Gasteiger partial charge < -0.3 is 9.30 Å². The Kier molecular flexibility index (Phi) is 5.44. The van der Waals surface area contributed by atoms with Crippen LogP contribution >= 0.6 is 0 Å². The van der Waals surface area contributed by atoms with E-state index < -0.39 is 6.61 Å². The molecular formula is C19H18F2N4O2. The highest BCUT2D eigenvalue weighted by atomic mass is 19.3. The monoisotopic (exact) mass is 372 g/mol. The number of imidazole rings is 1. The van der Waals surface area contributed by atoms with E-state index in [1.807, 2.05) is 24.3 Å². The van der Waals surface area contributed by atoms with Gasteiger partial charge in [-0.3, -0.25) is 4.79 Å². The van der Waals surface area contributed by atoms with E-state index in [1.54, 1.807) is 36.9 Å². The summed E-state index contributed by atoms with van der Waals surface area (Å²) in [6.45, 7) is 0.549. The Hall–Kier alpha value is -3.29. The van der Waals surface area contributed by atoms with Gasteiger partial charge in [0.05, 0.1) is 23.6 Å². The van der Waals surface area contributed by atoms with Gasteiger partial charge >= 0.3 is 6.61 Å². The van der Waals surface area contributed by atoms with Crippen LogP contribution in [-0.2, 0) is 11.3 Å². The van der Waals surface area contributed by atoms with E-state index >= 15 is 0 Å². The number of hydrogen-bond acceptors (Lipinski definition) is 4. The first-order valence-corrected chi connectivity index (χ1v) is 8.22. The number of carbonyl (C=O) groups is 1. The van der Waals surface area contributed by atoms with E-state index in [0.29, 0.717) is 16.7 Å². The Labute approximate surface area is 154 Å². The number of aromatic nitrogens is 2. The third-order valence-electron chi connectivity index (χ3n) is 3.93. The molecule has 0 fully saturated rings. The Balaban J connectivity index is 1.64. The molecule has 0 radical (unpaired) electrons. The second-order valence-corrected chi connectivity index (χ2v) is 6.02. The van der Waals surface area contributed by atoms with Gasteiger partial charge in [0.15, 0.2) is 0 Å². The van der Waals surface area contributed by atoms with Crippen molar-refractivity contribution < 1.29 is 18.3 Å². The Bertz CT molecular complexity index is 975. The van der Waals surface area contributed by atoms with E-state index in [9.17, 15) is 13.6 Å². The lowest BCUT2D eigenvalue weighted by Gasteiger charge is -2.11. The van der Waals surface area contributed by atoms with Crippen molar-refractivity contribution in [3.05, 3.63) is 59.4 Å². The zero-order valence-electron chi connectivity index (χ0n) is 14.8. The molecule has 1 aromatic heterocycles. The molecule has 6 nitrogen and oxygen atoms in total. The van der Waals surface area contributed by atoms with Crippen LogP contribution in [0, 0.1) is 13.8 Å². The van der Waals surface area contributed by atoms with Crippen molar-refractivity contribution in [1.29, 1.82) is 0 Å². The van der Waals surface area contributed by atoms with E-state index in [1.165, 1.54) is 6.21 Å². The van der Waals surface area contributed by atoms with Crippen LogP contribution in [0.2, 0.25) is 0 Å². The van der Waals surface area contributed by atoms with Crippen LogP contribution in [-0.4, -0.2) is 28.3 Å². The Morgan fingerprint density at radius 1 is 1.30 bits per heavy atom. The minimum Gasteiger partial charge on any atom is -0.434 e. The maximum atomic E-state index is 12.4. The molecule has 0 bridgehead atoms. The van der Waals surface area contributed by atoms with E-state index in [0.717, 1.165) is 11.0 Å². The molecular weight excluding hydrogens is 354 g/mol. The molecule has 0 aliphatic carbocycles. The standard InChI is InChI=1S/C19H18F2N4O2/c1-12-7-14(8-13(2)18(12)27-19(20)21)9-23-24-17(26)10-25-11-22-15-5-3-4-6-16(15)25/h3-9,11,19H,10H2,1-2H3,(H,24,26)/b23-9-. The molecule has 140 valence electrons. The average Bonchev–Trinajstić information content (AvgIpc) is 3.01. The Morgan fingerprint density at radius 3 is 2.70 bits per heavy atom. The summed E-state index contributed by atoms with van der Waals surface area (Å²) < 4.78 is 31.1. The molecule has 0 unspecified atom stereocenters. The summed E-state index contributed by atoms with van der Waals surface area (Å²) in [5.41, 5.74) is 5.91. The number of ether oxygens (including phenoxy) is 1. The van der Waals surface area contributed by atoms with Crippen LogP contribution < -0.4 is 10.2 Å². The number of benzene rings is 2. The third-order valence-corrected chi connectivity index (χ3v) is 3.93. The number of fused-ring (bicyclic) bond motifs is 1. The molecule has 0 saturated carbocycles. The molecule has 0 spiro atoms. The molecule has 1 heterocycles. The van der Waals surface area contributed by atoms with Crippen LogP contribution in [0.1, 0.15) is 16.7 Å². The third kappa shape index (κ3) is 4.46. The highest BCUT2D eigenvalue weighted by molar-refractivity contribution is 5.84. The summed E-state index contributed by atoms with van der Waals surface area (Å²) in [5, 5.41) is 3.93. The van der Waals surface area contributed by atoms with Gasteiger partial charge in [-0.15, -0.1) is 0 Å². The summed E-state index contributed by atoms with van der Waals surface area (Å²) in [7, 11) is 0. The summed E-state index contributed by atoms with van der Waals surface area (Å²) in [4.78, 5) is 16.3. The largest absolute Gasteiger partial charge is 0.434 e. The summed E-state index contributed by atoms with van der Waals surface area (Å²) in [5.74, 6) is -0.154. The fourth-order valence-electron chi connectivity index (χ4n) is 2.84. The van der Waals surface area contributed by atoms with Crippen LogP contribution in [0.5, 0.6) is 5.75 Å². The molecule has 2 aromatic carbocycles. The lowest BCUT2D eigenvalue weighted by Crippen LogP contribution is -2.22. The first-order chi connectivity index (χ1) is 12.9. The number of rotatable bonds is 6. The molecule has 3 aromatic rings. The molecule has 0 atom stereocenters. The SMILES string of the molecule is Cc1cc(/C=N\NC(=O)Cn2cnc3ccccc32)cc(C)c1OC(F)F. The number of carbonyl (C=O) groups excluding carboxylic acids is 1. The number of nitrogens with one attached hydrogen (secondary N) is 1. The van der Waals surface area contributed by atoms with Crippen LogP contribution in [0.4, 0.5) is 8.78 Å². The molecule has 0 aliphatic rings. The van der Waals surface area contributed by atoms with Crippen LogP contribution in [0.3, 0.4) is 0 Å². The average molecular weight is 372 g/mol. The second kappa shape index (κ2) is 7.94. The number of alkyl halides is 2. The number of para-hydroxylation sites is 2. The number of amides is 1. The number of hydrogen-bond donors (Lipinski definition) is 1. The van der Waals surface area contributed by atoms with Crippen molar-refractivity contribution >= 4 is 23.2 Å². The fraction of sp³-hybridized carbons (Fsp3) is 0.211. The van der Waals surface area contributed by atoms with Gasteiger partial charge in [-0.1, -0.05) is 12.1 Å². The normalized spacial score (nSPS) is 11.4. The van der Waals surface area contributed by atoms with Crippen molar-refractivity contribution in [2.75, 3.05) is 0 Å². The molecule has 8 heteroatoms. The summed E-state index contributed by atoms with van der Waals surface area (Å²) in [6.07, 6.45) is 3.05. The first-order valence-electron chi connectivity index (χ1n) is 8.22. The maximum absolute atomic E-state index is 12.4. The van der Waals surface area contributed by atoms with Gasteiger partial charge in [0.25, 0.3) is 5.91 Å². The second-order valence-electron chi connectivity index (χ2n) is 6.02. The molecule has 1 N–H and O–H groups in total. The molecule has 3 rings (SSSR count). The lowest BCUT2D eigenvalue weighted by atomic mass is 10.1. The van der Waals surface area contributed by atoms with E-state index in [4.69, 9.17) is 0 Å². The van der Waals surface area contributed by atoms with Crippen LogP contribution in [0.15, 0.2) is 47.8 Å². The van der Waals surface area contributed by atoms with Gasteiger partial charge in [0, 0.05) is 0 Å². The molecule has 0 aliphatic heterocycles. The topological polar surface area (TPSA) is 68.5 Å². The van der Waals surface area contributed by atoms with Crippen molar-refractivity contribution in [2.24, 2.45) is 5.10 Å². The summed E-state index contributed by atoms with van der Waals surface area (Å²) in [6, 6.07) is 10.8. The van der Waals surface area contributed by atoms with Crippen molar-refractivity contribution in [3.63, 3.8) is 0 Å². The summed E-state index contributed by atoms with van der Waals surface area (Å²) >= 11 is 0. The van der Waals surface area contributed by atoms with E-state index in [-0.39, 0.29) is 18.2 Å². The van der Waals surface area contributed by atoms with Gasteiger partial charge in [-0.2, -0.15) is 13.9 Å². The molecule has 1 amide bonds. The molecule has 27 heavy (non-hydrogen) atoms. The lowest BCUT2D eigenvalue weighted by molar-refractivity contribution is -0.121. The first kappa shape index (κ1) is 18.5. The van der Waals surface area contributed by atoms with Crippen LogP contribution in [0.25, 0.3) is 11.0 Å². The predicted octanol–water partition coefficient (Wildman–Crippen LogP) is 3.40. The number of halogens is 2. The smallest absolute Gasteiger partial charge is 0.387 e. The maximum Gasteiger partial charge on any atom is 0.387 e. The van der Waals surface area contributed by atoms with E-state index in [2.05, 4.69) is 20.2 Å². The Morgan fingerprint density at radius 2 is 2.00 bits per heavy atom.